The molecule has 18 heavy (non-hydrogen) atoms. The maximum atomic E-state index is 11.8. The third kappa shape index (κ3) is 7.10. The number of nitrogens with one attached hydrogen (secondary N) is 2. The smallest absolute Gasteiger partial charge is 0.213 e. The van der Waals surface area contributed by atoms with Crippen molar-refractivity contribution in [1.82, 2.24) is 10.0 Å². The first kappa shape index (κ1) is 15.6. The van der Waals surface area contributed by atoms with Crippen LogP contribution in [0.2, 0.25) is 0 Å². The van der Waals surface area contributed by atoms with Gasteiger partial charge in [0.25, 0.3) is 0 Å². The SMILES string of the molecule is C=C(C)COCCNS(=O)(=O)CC1CCCCN1. The molecule has 0 spiro atoms. The van der Waals surface area contributed by atoms with Crippen molar-refractivity contribution < 1.29 is 13.2 Å². The number of ether oxygens (including phenoxy) is 1. The fourth-order valence-electron chi connectivity index (χ4n) is 1.91. The summed E-state index contributed by atoms with van der Waals surface area (Å²) in [6.45, 7) is 7.68. The number of hydrogen-bond donors (Lipinski definition) is 2. The fourth-order valence-corrected chi connectivity index (χ4v) is 3.23. The molecule has 0 aliphatic carbocycles. The van der Waals surface area contributed by atoms with E-state index in [0.717, 1.165) is 31.4 Å². The van der Waals surface area contributed by atoms with Crippen molar-refractivity contribution in [3.8, 4) is 0 Å². The summed E-state index contributed by atoms with van der Waals surface area (Å²) in [5, 5.41) is 3.23. The van der Waals surface area contributed by atoms with E-state index in [2.05, 4.69) is 16.6 Å². The zero-order valence-electron chi connectivity index (χ0n) is 11.1. The summed E-state index contributed by atoms with van der Waals surface area (Å²) in [4.78, 5) is 0. The van der Waals surface area contributed by atoms with Crippen LogP contribution < -0.4 is 10.0 Å². The summed E-state index contributed by atoms with van der Waals surface area (Å²) in [5.41, 5.74) is 0.935. The average Bonchev–Trinajstić information content (AvgIpc) is 2.28. The highest BCUT2D eigenvalue weighted by atomic mass is 32.2. The van der Waals surface area contributed by atoms with Crippen LogP contribution in [0.4, 0.5) is 0 Å². The van der Waals surface area contributed by atoms with Gasteiger partial charge in [-0.25, -0.2) is 13.1 Å². The van der Waals surface area contributed by atoms with E-state index in [4.69, 9.17) is 4.74 Å². The van der Waals surface area contributed by atoms with Gasteiger partial charge in [-0.2, -0.15) is 0 Å². The molecule has 1 heterocycles. The Morgan fingerprint density at radius 1 is 1.50 bits per heavy atom. The lowest BCUT2D eigenvalue weighted by molar-refractivity contribution is 0.162. The van der Waals surface area contributed by atoms with E-state index in [-0.39, 0.29) is 11.8 Å². The van der Waals surface area contributed by atoms with Gasteiger partial charge in [-0.15, -0.1) is 0 Å². The van der Waals surface area contributed by atoms with Crippen molar-refractivity contribution in [3.05, 3.63) is 12.2 Å². The predicted molar refractivity (Wildman–Crippen MR) is 73.1 cm³/mol. The molecule has 6 heteroatoms. The molecule has 1 fully saturated rings. The van der Waals surface area contributed by atoms with E-state index in [1.54, 1.807) is 0 Å². The molecule has 0 aromatic rings. The topological polar surface area (TPSA) is 67.4 Å². The molecule has 0 aromatic heterocycles. The summed E-state index contributed by atoms with van der Waals surface area (Å²) in [6.07, 6.45) is 3.18. The highest BCUT2D eigenvalue weighted by Crippen LogP contribution is 2.08. The van der Waals surface area contributed by atoms with E-state index in [1.165, 1.54) is 0 Å². The lowest BCUT2D eigenvalue weighted by Gasteiger charge is -2.23. The van der Waals surface area contributed by atoms with E-state index in [9.17, 15) is 8.42 Å². The first-order valence-corrected chi connectivity index (χ1v) is 8.08. The number of sulfonamides is 1. The largest absolute Gasteiger partial charge is 0.376 e. The molecule has 2 N–H and O–H groups in total. The molecule has 1 aliphatic heterocycles. The van der Waals surface area contributed by atoms with Gasteiger partial charge >= 0.3 is 0 Å². The van der Waals surface area contributed by atoms with Crippen LogP contribution in [0.25, 0.3) is 0 Å². The molecular formula is C12H24N2O3S. The second-order valence-electron chi connectivity index (χ2n) is 4.83. The van der Waals surface area contributed by atoms with Gasteiger partial charge in [0.2, 0.25) is 10.0 Å². The van der Waals surface area contributed by atoms with Crippen molar-refractivity contribution in [2.24, 2.45) is 0 Å². The van der Waals surface area contributed by atoms with Crippen LogP contribution in [0.5, 0.6) is 0 Å². The maximum Gasteiger partial charge on any atom is 0.213 e. The lowest BCUT2D eigenvalue weighted by atomic mass is 10.1. The number of piperidine rings is 1. The molecule has 0 aromatic carbocycles. The molecule has 106 valence electrons. The Labute approximate surface area is 110 Å². The van der Waals surface area contributed by atoms with Crippen molar-refractivity contribution in [1.29, 1.82) is 0 Å². The molecule has 1 aliphatic rings. The van der Waals surface area contributed by atoms with Crippen LogP contribution >= 0.6 is 0 Å². The number of rotatable bonds is 8. The van der Waals surface area contributed by atoms with Gasteiger partial charge in [0.15, 0.2) is 0 Å². The molecule has 0 radical (unpaired) electrons. The van der Waals surface area contributed by atoms with E-state index in [0.29, 0.717) is 19.8 Å². The Morgan fingerprint density at radius 2 is 2.28 bits per heavy atom. The first-order chi connectivity index (χ1) is 8.49. The molecular weight excluding hydrogens is 252 g/mol. The third-order valence-electron chi connectivity index (χ3n) is 2.75. The zero-order valence-corrected chi connectivity index (χ0v) is 11.9. The molecule has 5 nitrogen and oxygen atoms in total. The van der Waals surface area contributed by atoms with Gasteiger partial charge in [-0.1, -0.05) is 18.6 Å². The van der Waals surface area contributed by atoms with Gasteiger partial charge in [-0.3, -0.25) is 0 Å². The van der Waals surface area contributed by atoms with Gasteiger partial charge in [0, 0.05) is 12.6 Å². The second-order valence-corrected chi connectivity index (χ2v) is 6.68. The predicted octanol–water partition coefficient (Wildman–Crippen LogP) is 0.641. The minimum Gasteiger partial charge on any atom is -0.376 e. The molecule has 0 amide bonds. The van der Waals surface area contributed by atoms with Crippen molar-refractivity contribution in [3.63, 3.8) is 0 Å². The van der Waals surface area contributed by atoms with Crippen LogP contribution in [0.1, 0.15) is 26.2 Å². The van der Waals surface area contributed by atoms with E-state index >= 15 is 0 Å². The molecule has 1 saturated heterocycles. The van der Waals surface area contributed by atoms with Gasteiger partial charge < -0.3 is 10.1 Å². The second kappa shape index (κ2) is 7.89. The monoisotopic (exact) mass is 276 g/mol. The standard InChI is InChI=1S/C12H24N2O3S/c1-11(2)9-17-8-7-14-18(15,16)10-12-5-3-4-6-13-12/h12-14H,1,3-10H2,2H3. The summed E-state index contributed by atoms with van der Waals surface area (Å²) < 4.78 is 31.3. The Bertz CT molecular complexity index is 348. The minimum absolute atomic E-state index is 0.0904. The van der Waals surface area contributed by atoms with Crippen LogP contribution in [-0.2, 0) is 14.8 Å². The highest BCUT2D eigenvalue weighted by molar-refractivity contribution is 7.89. The van der Waals surface area contributed by atoms with Crippen LogP contribution in [0.3, 0.4) is 0 Å². The van der Waals surface area contributed by atoms with Crippen molar-refractivity contribution in [2.75, 3.05) is 32.1 Å². The molecule has 1 atom stereocenters. The fraction of sp³-hybridized carbons (Fsp3) is 0.833. The quantitative estimate of drug-likeness (QED) is 0.504. The van der Waals surface area contributed by atoms with Crippen LogP contribution in [-0.4, -0.2) is 46.5 Å². The Kier molecular flexibility index (Phi) is 6.85. The summed E-state index contributed by atoms with van der Waals surface area (Å²) in [7, 11) is -3.20. The van der Waals surface area contributed by atoms with Gasteiger partial charge in [0.05, 0.1) is 19.0 Å². The Hall–Kier alpha value is -0.430. The summed E-state index contributed by atoms with van der Waals surface area (Å²) in [5.74, 6) is 0.160. The highest BCUT2D eigenvalue weighted by Gasteiger charge is 2.20. The number of hydrogen-bond acceptors (Lipinski definition) is 4. The van der Waals surface area contributed by atoms with Crippen LogP contribution in [0, 0.1) is 0 Å². The molecule has 1 unspecified atom stereocenters. The minimum atomic E-state index is -3.20. The van der Waals surface area contributed by atoms with Gasteiger partial charge in [0.1, 0.15) is 0 Å². The summed E-state index contributed by atoms with van der Waals surface area (Å²) in [6, 6.07) is 0.0904. The Balaban J connectivity index is 2.16. The maximum absolute atomic E-state index is 11.8. The molecule has 0 saturated carbocycles. The van der Waals surface area contributed by atoms with E-state index in [1.807, 2.05) is 6.92 Å². The zero-order chi connectivity index (χ0) is 13.4. The van der Waals surface area contributed by atoms with Crippen LogP contribution in [0.15, 0.2) is 12.2 Å². The lowest BCUT2D eigenvalue weighted by Crippen LogP contribution is -2.43. The third-order valence-corrected chi connectivity index (χ3v) is 4.23. The Morgan fingerprint density at radius 3 is 2.89 bits per heavy atom. The van der Waals surface area contributed by atoms with Crippen molar-refractivity contribution >= 4 is 10.0 Å². The summed E-state index contributed by atoms with van der Waals surface area (Å²) >= 11 is 0. The molecule has 0 bridgehead atoms. The van der Waals surface area contributed by atoms with E-state index < -0.39 is 10.0 Å². The van der Waals surface area contributed by atoms with Gasteiger partial charge in [-0.05, 0) is 26.3 Å². The van der Waals surface area contributed by atoms with Crippen molar-refractivity contribution in [2.45, 2.75) is 32.2 Å². The average molecular weight is 276 g/mol. The molecule has 1 rings (SSSR count). The first-order valence-electron chi connectivity index (χ1n) is 6.42. The normalized spacial score (nSPS) is 20.8.